The van der Waals surface area contributed by atoms with E-state index in [2.05, 4.69) is 31.9 Å². The van der Waals surface area contributed by atoms with Gasteiger partial charge in [-0.1, -0.05) is 47.5 Å². The van der Waals surface area contributed by atoms with Gasteiger partial charge in [-0.15, -0.1) is 0 Å². The average Bonchev–Trinajstić information content (AvgIpc) is 3.65. The normalized spacial score (nSPS) is 22.0. The number of carbonyl (C=O) groups excluding carboxylic acids is 6. The fourth-order valence-corrected chi connectivity index (χ4v) is 10.7. The minimum absolute atomic E-state index is 0.119. The number of ether oxygens (including phenoxy) is 3. The number of carboxylic acid groups (broad SMARTS) is 1. The number of hydrogen-bond acceptors (Lipinski definition) is 18. The summed E-state index contributed by atoms with van der Waals surface area (Å²) in [5.41, 5.74) is 4.41. The lowest BCUT2D eigenvalue weighted by Gasteiger charge is -2.31. The number of hydrogen-bond donors (Lipinski definition) is 15. The van der Waals surface area contributed by atoms with Crippen molar-refractivity contribution in [3.8, 4) is 80.1 Å². The number of phenols is 6. The van der Waals surface area contributed by atoms with Crippen molar-refractivity contribution in [3.05, 3.63) is 164 Å². The fourth-order valence-electron chi connectivity index (χ4n) is 10.2. The number of halogens is 2. The van der Waals surface area contributed by atoms with Gasteiger partial charge in [0, 0.05) is 35.2 Å². The van der Waals surface area contributed by atoms with Crippen molar-refractivity contribution in [1.29, 1.82) is 0 Å². The lowest BCUT2D eigenvalue weighted by atomic mass is 9.89. The van der Waals surface area contributed by atoms with Crippen molar-refractivity contribution in [2.24, 2.45) is 5.73 Å². The molecule has 6 aliphatic rings. The molecule has 25 nitrogen and oxygen atoms in total. The highest BCUT2D eigenvalue weighted by molar-refractivity contribution is 6.32. The maximum atomic E-state index is 15.7. The van der Waals surface area contributed by atoms with Crippen LogP contribution in [0.3, 0.4) is 0 Å². The van der Waals surface area contributed by atoms with Crippen LogP contribution in [0, 0.1) is 0 Å². The van der Waals surface area contributed by atoms with Crippen LogP contribution in [0.25, 0.3) is 11.1 Å². The largest absolute Gasteiger partial charge is 0.508 e. The highest BCUT2D eigenvalue weighted by Crippen LogP contribution is 2.48. The van der Waals surface area contributed by atoms with E-state index in [4.69, 9.17) is 43.1 Å². The van der Waals surface area contributed by atoms with Crippen LogP contribution in [0.1, 0.15) is 75.3 Å². The predicted octanol–water partition coefficient (Wildman–Crippen LogP) is 4.98. The number of rotatable bonds is 1. The fraction of sp³-hybridized carbons (Fsp3) is 0.155. The number of nitrogens with two attached hydrogens (primary N) is 1. The molecule has 0 aliphatic carbocycles. The predicted molar refractivity (Wildman–Crippen MR) is 295 cm³/mol. The Bertz CT molecular complexity index is 4030. The molecule has 0 saturated heterocycles. The van der Waals surface area contributed by atoms with Crippen molar-refractivity contribution < 1.29 is 88.6 Å². The quantitative estimate of drug-likeness (QED) is 0.103. The van der Waals surface area contributed by atoms with Crippen LogP contribution in [0.5, 0.6) is 69.0 Å². The molecular weight excluding hydrogens is 1150 g/mol. The number of nitrogens with one attached hydrogen (secondary N) is 6. The van der Waals surface area contributed by atoms with Crippen molar-refractivity contribution in [3.63, 3.8) is 0 Å². The smallest absolute Gasteiger partial charge is 0.330 e. The molecule has 0 saturated carbocycles. The molecule has 6 heterocycles. The van der Waals surface area contributed by atoms with Crippen molar-refractivity contribution >= 4 is 64.6 Å². The number of benzene rings is 7. The number of aliphatic carboxylic acids is 1. The van der Waals surface area contributed by atoms with Gasteiger partial charge in [-0.3, -0.25) is 28.8 Å². The molecule has 434 valence electrons. The van der Waals surface area contributed by atoms with Crippen LogP contribution >= 0.6 is 23.2 Å². The van der Waals surface area contributed by atoms with Crippen LogP contribution in [0.15, 0.2) is 115 Å². The molecule has 6 amide bonds. The molecule has 85 heavy (non-hydrogen) atoms. The topological polar surface area (TPSA) is 407 Å². The summed E-state index contributed by atoms with van der Waals surface area (Å²) in [5, 5.41) is 105. The number of fused-ring (bicyclic) bond motifs is 14. The van der Waals surface area contributed by atoms with Crippen LogP contribution in [0.2, 0.25) is 10.0 Å². The Balaban J connectivity index is 1.14. The second-order valence-corrected chi connectivity index (χ2v) is 20.9. The monoisotopic (exact) mass is 1200 g/mol. The number of amides is 6. The maximum absolute atomic E-state index is 15.7. The Morgan fingerprint density at radius 3 is 1.74 bits per heavy atom. The van der Waals surface area contributed by atoms with Gasteiger partial charge in [0.2, 0.25) is 41.2 Å². The third-order valence-electron chi connectivity index (χ3n) is 14.4. The minimum Gasteiger partial charge on any atom is -0.508 e. The van der Waals surface area contributed by atoms with Gasteiger partial charge in [-0.05, 0) is 112 Å². The number of aliphatic hydroxyl groups excluding tert-OH is 1. The summed E-state index contributed by atoms with van der Waals surface area (Å²) in [6, 6.07) is 8.15. The Kier molecular flexibility index (Phi) is 14.6. The van der Waals surface area contributed by atoms with Gasteiger partial charge >= 0.3 is 5.97 Å². The van der Waals surface area contributed by atoms with Crippen molar-refractivity contribution in [2.75, 3.05) is 0 Å². The Labute approximate surface area is 488 Å². The first kappa shape index (κ1) is 56.4. The van der Waals surface area contributed by atoms with Crippen LogP contribution in [0.4, 0.5) is 0 Å². The summed E-state index contributed by atoms with van der Waals surface area (Å²) in [5.74, 6) is -14.9. The van der Waals surface area contributed by atoms with E-state index in [0.717, 1.165) is 60.7 Å². The van der Waals surface area contributed by atoms with E-state index in [-0.39, 0.29) is 67.3 Å². The van der Waals surface area contributed by atoms with Gasteiger partial charge in [0.1, 0.15) is 82.6 Å². The summed E-state index contributed by atoms with van der Waals surface area (Å²) in [7, 11) is 0. The molecule has 7 aromatic carbocycles. The van der Waals surface area contributed by atoms with Crippen molar-refractivity contribution in [1.82, 2.24) is 31.9 Å². The zero-order valence-corrected chi connectivity index (χ0v) is 44.8. The number of aromatic hydroxyl groups is 6. The van der Waals surface area contributed by atoms with Crippen LogP contribution in [-0.2, 0) is 40.0 Å². The minimum atomic E-state index is -2.19. The highest BCUT2D eigenvalue weighted by atomic mass is 35.5. The van der Waals surface area contributed by atoms with E-state index >= 15 is 14.4 Å². The van der Waals surface area contributed by atoms with Gasteiger partial charge in [-0.2, -0.15) is 0 Å². The molecule has 0 aromatic heterocycles. The van der Waals surface area contributed by atoms with Gasteiger partial charge in [-0.25, -0.2) is 4.79 Å². The molecule has 27 heteroatoms. The van der Waals surface area contributed by atoms with E-state index in [1.807, 2.05) is 0 Å². The average molecular weight is 1200 g/mol. The third-order valence-corrected chi connectivity index (χ3v) is 15.0. The van der Waals surface area contributed by atoms with Gasteiger partial charge in [0.25, 0.3) is 0 Å². The molecule has 0 radical (unpaired) electrons. The standard InChI is InChI=1S/C58H45Cl2N7O18/c59-32-9-21-1-7-38(32)84-41-16-26-17-42(51(41)74)85-39-8-4-24(14-33(39)60)50(73)49-57(80)66-48(58(81)82)31-19-28(69)20-37(72)43(31)30-13-23(3-5-35(30)70)45(54(77)67-49)64-56(79)47(26)65-55(78)46-25-11-27(68)18-29(12-25)83-40-15-22(2-6-36(40)71)44(61)53(76)62-34(10-21)52(75)63-46/h1-9,11-20,34,44-50,68-74H,10,61H2,(H,62,76)(H,63,75)(H,64,79)(H,65,78)(H,66,80)(H,67,77)(H,81,82)/t34-,44+,45?,46+,47-,48+,49+,50-/m1/s1. The Hall–Kier alpha value is -10.5. The lowest BCUT2D eigenvalue weighted by molar-refractivity contribution is -0.143. The highest BCUT2D eigenvalue weighted by Gasteiger charge is 2.41. The van der Waals surface area contributed by atoms with E-state index in [0.29, 0.717) is 5.56 Å². The Morgan fingerprint density at radius 2 is 1.07 bits per heavy atom. The maximum Gasteiger partial charge on any atom is 0.330 e. The van der Waals surface area contributed by atoms with Gasteiger partial charge in [0.05, 0.1) is 10.0 Å². The molecule has 16 N–H and O–H groups in total. The molecule has 6 aliphatic heterocycles. The molecule has 17 bridgehead atoms. The first-order valence-electron chi connectivity index (χ1n) is 25.5. The summed E-state index contributed by atoms with van der Waals surface area (Å²) in [4.78, 5) is 103. The van der Waals surface area contributed by atoms with Crippen LogP contribution in [-0.4, -0.2) is 94.3 Å². The number of aliphatic hydroxyl groups is 1. The molecule has 0 fully saturated rings. The second kappa shape index (κ2) is 22.0. The lowest BCUT2D eigenvalue weighted by Crippen LogP contribution is -2.55. The van der Waals surface area contributed by atoms with E-state index < -0.39 is 152 Å². The molecule has 1 unspecified atom stereocenters. The molecule has 0 spiro atoms. The van der Waals surface area contributed by atoms with Gasteiger partial charge < -0.3 is 92.7 Å². The SMILES string of the molecule is N[C@@H]1C(=O)N[C@@H]2Cc3ccc(c(Cl)c3)Oc3cc4cc(c3O)Oc3ccc(cc3Cl)[C@@H](O)[C@@H]3NC(=O)C(NC(=O)[C@@H]4NC(=O)[C@@H](NC2=O)c2cc(O)cc(c2)Oc2cc1ccc2O)c1ccc(O)c(c1)-c1c(O)cc(O)cc1[C@@H](C(=O)O)NC3=O. The molecule has 7 aromatic rings. The van der Waals surface area contributed by atoms with E-state index in [1.54, 1.807) is 0 Å². The molecular formula is C58H45Cl2N7O18. The zero-order chi connectivity index (χ0) is 60.4. The second-order valence-electron chi connectivity index (χ2n) is 20.1. The number of phenolic OH excluding ortho intramolecular Hbond substituents is 6. The molecule has 13 rings (SSSR count). The first-order chi connectivity index (χ1) is 40.5. The molecule has 8 atom stereocenters. The van der Waals surface area contributed by atoms with Crippen LogP contribution < -0.4 is 51.8 Å². The van der Waals surface area contributed by atoms with Gasteiger partial charge in [0.15, 0.2) is 29.0 Å². The van der Waals surface area contributed by atoms with E-state index in [1.165, 1.54) is 54.6 Å². The Morgan fingerprint density at radius 1 is 0.494 bits per heavy atom. The summed E-state index contributed by atoms with van der Waals surface area (Å²) in [6.45, 7) is 0. The van der Waals surface area contributed by atoms with Crippen molar-refractivity contribution in [2.45, 2.75) is 54.8 Å². The first-order valence-corrected chi connectivity index (χ1v) is 26.3. The van der Waals surface area contributed by atoms with E-state index in [9.17, 15) is 60.0 Å². The summed E-state index contributed by atoms with van der Waals surface area (Å²) < 4.78 is 18.4. The third kappa shape index (κ3) is 10.9. The zero-order valence-electron chi connectivity index (χ0n) is 43.3. The number of carbonyl (C=O) groups is 7. The number of carboxylic acids is 1. The summed E-state index contributed by atoms with van der Waals surface area (Å²) >= 11 is 13.7. The summed E-state index contributed by atoms with van der Waals surface area (Å²) in [6.07, 6.45) is -2.47.